The van der Waals surface area contributed by atoms with E-state index < -0.39 is 34.5 Å². The van der Waals surface area contributed by atoms with Gasteiger partial charge in [-0.2, -0.15) is 4.72 Å². The largest absolute Gasteiger partial charge is 0.480 e. The number of rotatable bonds is 8. The van der Waals surface area contributed by atoms with Crippen LogP contribution in [-0.4, -0.2) is 88.1 Å². The van der Waals surface area contributed by atoms with E-state index in [1.807, 2.05) is 0 Å². The third-order valence-corrected chi connectivity index (χ3v) is 8.21. The second kappa shape index (κ2) is 11.9. The lowest BCUT2D eigenvalue weighted by Crippen LogP contribution is -2.53. The van der Waals surface area contributed by atoms with E-state index in [9.17, 15) is 23.1 Å². The number of hydrogen-bond donors (Lipinski definition) is 5. The Morgan fingerprint density at radius 2 is 1.79 bits per heavy atom. The second-order valence-electron chi connectivity index (χ2n) is 8.85. The molecule has 6 N–H and O–H groups in total. The minimum absolute atomic E-state index is 0.0393. The lowest BCUT2D eigenvalue weighted by Gasteiger charge is -2.39. The first-order chi connectivity index (χ1) is 18.2. The summed E-state index contributed by atoms with van der Waals surface area (Å²) in [5.74, 6) is -1.21. The van der Waals surface area contributed by atoms with Crippen molar-refractivity contribution >= 4 is 50.8 Å². The number of sulfonamides is 1. The molecule has 0 bridgehead atoms. The van der Waals surface area contributed by atoms with Crippen LogP contribution in [0.3, 0.4) is 0 Å². The maximum atomic E-state index is 12.8. The highest BCUT2D eigenvalue weighted by Crippen LogP contribution is 2.34. The molecule has 12 nitrogen and oxygen atoms in total. The molecule has 0 saturated carbocycles. The molecule has 2 aliphatic rings. The lowest BCUT2D eigenvalue weighted by molar-refractivity contribution is -0.138. The van der Waals surface area contributed by atoms with Gasteiger partial charge in [0.05, 0.1) is 26.9 Å². The number of amides is 1. The average molecular weight is 564 g/mol. The number of nitrogens with zero attached hydrogens (tertiary/aromatic N) is 3. The van der Waals surface area contributed by atoms with Crippen LogP contribution >= 0.6 is 11.6 Å². The molecule has 0 spiro atoms. The van der Waals surface area contributed by atoms with Crippen LogP contribution in [0.1, 0.15) is 16.8 Å². The van der Waals surface area contributed by atoms with Crippen LogP contribution in [0.4, 0.5) is 11.4 Å². The molecule has 1 saturated heterocycles. The fourth-order valence-corrected chi connectivity index (χ4v) is 5.71. The van der Waals surface area contributed by atoms with Crippen molar-refractivity contribution in [3.63, 3.8) is 0 Å². The molecule has 0 radical (unpaired) electrons. The Bertz CT molecular complexity index is 1310. The van der Waals surface area contributed by atoms with Crippen molar-refractivity contribution in [2.24, 2.45) is 4.99 Å². The molecule has 204 valence electrons. The standard InChI is InChI=1S/C24H30ClN7O5S/c25-20-17(22(33)29-15-18(23(34)35)30-38(36,37)16-5-2-1-3-6-16)7-8-19(21(20)26)31-11-13-32(14-12-31)24-27-9-4-10-28-24/h1-3,5-8,18,30H,4,9-15,26H2,(H,27,28)(H,29,33)(H,34,35). The molecular formula is C24H30ClN7O5S. The predicted octanol–water partition coefficient (Wildman–Crippen LogP) is 0.555. The monoisotopic (exact) mass is 563 g/mol. The van der Waals surface area contributed by atoms with Crippen molar-refractivity contribution < 1.29 is 23.1 Å². The summed E-state index contributed by atoms with van der Waals surface area (Å²) in [6.07, 6.45) is 1.03. The van der Waals surface area contributed by atoms with Gasteiger partial charge in [-0.25, -0.2) is 8.42 Å². The molecule has 1 unspecified atom stereocenters. The first-order valence-corrected chi connectivity index (χ1v) is 14.0. The zero-order chi connectivity index (χ0) is 27.3. The van der Waals surface area contributed by atoms with Crippen LogP contribution in [0.2, 0.25) is 5.02 Å². The Balaban J connectivity index is 1.39. The Hall–Kier alpha value is -3.55. The molecule has 2 heterocycles. The molecule has 4 rings (SSSR count). The molecule has 14 heteroatoms. The molecule has 1 amide bonds. The van der Waals surface area contributed by atoms with Crippen LogP contribution in [0.25, 0.3) is 0 Å². The van der Waals surface area contributed by atoms with Crippen molar-refractivity contribution in [2.75, 3.05) is 56.4 Å². The minimum Gasteiger partial charge on any atom is -0.480 e. The van der Waals surface area contributed by atoms with Crippen molar-refractivity contribution in [1.29, 1.82) is 0 Å². The van der Waals surface area contributed by atoms with Crippen LogP contribution < -0.4 is 26.0 Å². The molecule has 0 aliphatic carbocycles. The molecule has 2 aliphatic heterocycles. The molecule has 1 atom stereocenters. The number of nitrogens with one attached hydrogen (secondary N) is 3. The molecule has 2 aromatic rings. The molecule has 38 heavy (non-hydrogen) atoms. The highest BCUT2D eigenvalue weighted by atomic mass is 35.5. The van der Waals surface area contributed by atoms with Gasteiger partial charge < -0.3 is 31.3 Å². The van der Waals surface area contributed by atoms with E-state index in [0.717, 1.165) is 38.6 Å². The number of aliphatic carboxylic acids is 1. The van der Waals surface area contributed by atoms with Crippen LogP contribution in [0, 0.1) is 0 Å². The van der Waals surface area contributed by atoms with Crippen molar-refractivity contribution in [2.45, 2.75) is 17.4 Å². The highest BCUT2D eigenvalue weighted by Gasteiger charge is 2.27. The summed E-state index contributed by atoms with van der Waals surface area (Å²) in [6.45, 7) is 4.11. The second-order valence-corrected chi connectivity index (χ2v) is 10.9. The predicted molar refractivity (Wildman–Crippen MR) is 145 cm³/mol. The van der Waals surface area contributed by atoms with E-state index in [2.05, 4.69) is 30.1 Å². The van der Waals surface area contributed by atoms with E-state index >= 15 is 0 Å². The van der Waals surface area contributed by atoms with Gasteiger partial charge in [-0.05, 0) is 30.7 Å². The number of aliphatic imine (C=N–C) groups is 1. The number of guanidine groups is 1. The summed E-state index contributed by atoms with van der Waals surface area (Å²) >= 11 is 6.45. The van der Waals surface area contributed by atoms with E-state index in [4.69, 9.17) is 17.3 Å². The zero-order valence-electron chi connectivity index (χ0n) is 20.6. The van der Waals surface area contributed by atoms with E-state index in [-0.39, 0.29) is 21.2 Å². The van der Waals surface area contributed by atoms with Gasteiger partial charge in [0, 0.05) is 45.8 Å². The number of piperazine rings is 1. The Labute approximate surface area is 225 Å². The first kappa shape index (κ1) is 27.5. The SMILES string of the molecule is Nc1c(N2CCN(C3=NCCCN3)CC2)ccc(C(=O)NCC(NS(=O)(=O)c2ccccc2)C(=O)O)c1Cl. The van der Waals surface area contributed by atoms with Gasteiger partial charge in [0.25, 0.3) is 5.91 Å². The van der Waals surface area contributed by atoms with Gasteiger partial charge in [-0.15, -0.1) is 0 Å². The summed E-state index contributed by atoms with van der Waals surface area (Å²) in [5.41, 5.74) is 7.28. The number of carbonyl (C=O) groups excluding carboxylic acids is 1. The normalized spacial score (nSPS) is 16.8. The van der Waals surface area contributed by atoms with E-state index in [1.54, 1.807) is 12.1 Å². The average Bonchev–Trinajstić information content (AvgIpc) is 2.93. The first-order valence-electron chi connectivity index (χ1n) is 12.1. The van der Waals surface area contributed by atoms with E-state index in [0.29, 0.717) is 18.8 Å². The van der Waals surface area contributed by atoms with E-state index in [1.165, 1.54) is 30.3 Å². The zero-order valence-corrected chi connectivity index (χ0v) is 22.1. The van der Waals surface area contributed by atoms with Gasteiger partial charge >= 0.3 is 5.97 Å². The summed E-state index contributed by atoms with van der Waals surface area (Å²) in [5, 5.41) is 15.3. The summed E-state index contributed by atoms with van der Waals surface area (Å²) in [4.78, 5) is 33.2. The van der Waals surface area contributed by atoms with Gasteiger partial charge in [0.15, 0.2) is 5.96 Å². The Kier molecular flexibility index (Phi) is 8.59. The number of benzene rings is 2. The lowest BCUT2D eigenvalue weighted by atomic mass is 10.1. The van der Waals surface area contributed by atoms with Crippen molar-refractivity contribution in [3.05, 3.63) is 53.1 Å². The van der Waals surface area contributed by atoms with Crippen LogP contribution in [0.5, 0.6) is 0 Å². The van der Waals surface area contributed by atoms with Gasteiger partial charge in [-0.3, -0.25) is 14.6 Å². The topological polar surface area (TPSA) is 169 Å². The number of nitrogen functional groups attached to an aromatic ring is 1. The fourth-order valence-electron chi connectivity index (χ4n) is 4.25. The number of carbonyl (C=O) groups is 2. The number of anilines is 2. The van der Waals surface area contributed by atoms with Crippen molar-refractivity contribution in [1.82, 2.24) is 20.3 Å². The number of hydrogen-bond acceptors (Lipinski definition) is 9. The van der Waals surface area contributed by atoms with Gasteiger partial charge in [0.2, 0.25) is 10.0 Å². The number of nitrogens with two attached hydrogens (primary N) is 1. The third kappa shape index (κ3) is 6.29. The maximum Gasteiger partial charge on any atom is 0.323 e. The van der Waals surface area contributed by atoms with Crippen molar-refractivity contribution in [3.8, 4) is 0 Å². The molecular weight excluding hydrogens is 534 g/mol. The molecule has 1 fully saturated rings. The summed E-state index contributed by atoms with van der Waals surface area (Å²) in [6, 6.07) is 8.98. The molecule has 2 aromatic carbocycles. The summed E-state index contributed by atoms with van der Waals surface area (Å²) in [7, 11) is -4.11. The van der Waals surface area contributed by atoms with Crippen LogP contribution in [-0.2, 0) is 14.8 Å². The quantitative estimate of drug-likeness (QED) is 0.288. The highest BCUT2D eigenvalue weighted by molar-refractivity contribution is 7.89. The number of carboxylic acid groups (broad SMARTS) is 1. The van der Waals surface area contributed by atoms with Gasteiger partial charge in [0.1, 0.15) is 6.04 Å². The number of carboxylic acids is 1. The van der Waals surface area contributed by atoms with Crippen LogP contribution in [0.15, 0.2) is 52.4 Å². The smallest absolute Gasteiger partial charge is 0.323 e. The Morgan fingerprint density at radius 3 is 2.42 bits per heavy atom. The summed E-state index contributed by atoms with van der Waals surface area (Å²) < 4.78 is 27.1. The third-order valence-electron chi connectivity index (χ3n) is 6.32. The number of halogens is 1. The maximum absolute atomic E-state index is 12.8. The van der Waals surface area contributed by atoms with Gasteiger partial charge in [-0.1, -0.05) is 29.8 Å². The Morgan fingerprint density at radius 1 is 1.11 bits per heavy atom. The molecule has 0 aromatic heterocycles. The minimum atomic E-state index is -4.11. The fraction of sp³-hybridized carbons (Fsp3) is 0.375.